The van der Waals surface area contributed by atoms with Gasteiger partial charge >= 0.3 is 0 Å². The zero-order valence-corrected chi connectivity index (χ0v) is 17.6. The summed E-state index contributed by atoms with van der Waals surface area (Å²) in [4.78, 5) is 12.4. The van der Waals surface area contributed by atoms with Gasteiger partial charge < -0.3 is 10.4 Å². The van der Waals surface area contributed by atoms with Crippen molar-refractivity contribution in [2.24, 2.45) is 5.92 Å². The van der Waals surface area contributed by atoms with Crippen LogP contribution in [0.2, 0.25) is 0 Å². The lowest BCUT2D eigenvalue weighted by atomic mass is 9.91. The molecule has 2 unspecified atom stereocenters. The predicted octanol–water partition coefficient (Wildman–Crippen LogP) is 3.53. The van der Waals surface area contributed by atoms with Gasteiger partial charge in [0.2, 0.25) is 10.0 Å². The molecule has 0 bridgehead atoms. The van der Waals surface area contributed by atoms with Crippen LogP contribution >= 0.6 is 0 Å². The van der Waals surface area contributed by atoms with Gasteiger partial charge in [-0.25, -0.2) is 21.6 Å². The van der Waals surface area contributed by atoms with Crippen LogP contribution in [0, 0.1) is 23.4 Å². The molecule has 0 spiro atoms. The third-order valence-electron chi connectivity index (χ3n) is 5.41. The van der Waals surface area contributed by atoms with Gasteiger partial charge in [0.1, 0.15) is 0 Å². The first-order valence-corrected chi connectivity index (χ1v) is 11.3. The lowest BCUT2D eigenvalue weighted by Crippen LogP contribution is -2.44. The Hall–Kier alpha value is -2.43. The second-order valence-corrected chi connectivity index (χ2v) is 9.49. The fraction of sp³-hybridized carbons (Fsp3) is 0.381. The number of anilines is 1. The average molecular weight is 456 g/mol. The molecule has 1 fully saturated rings. The second kappa shape index (κ2) is 9.37. The molecule has 1 aliphatic heterocycles. The maximum Gasteiger partial charge on any atom is 0.255 e. The first-order chi connectivity index (χ1) is 14.6. The van der Waals surface area contributed by atoms with Crippen molar-refractivity contribution in [2.45, 2.75) is 37.1 Å². The molecular weight excluding hydrogens is 433 g/mol. The minimum absolute atomic E-state index is 0.0333. The van der Waals surface area contributed by atoms with Crippen molar-refractivity contribution in [2.75, 3.05) is 18.5 Å². The topological polar surface area (TPSA) is 86.7 Å². The number of benzene rings is 2. The number of nitrogens with one attached hydrogen (secondary N) is 1. The van der Waals surface area contributed by atoms with Gasteiger partial charge in [0.25, 0.3) is 5.91 Å². The van der Waals surface area contributed by atoms with E-state index in [9.17, 15) is 26.4 Å². The number of aliphatic hydroxyl groups is 1. The molecule has 1 amide bonds. The smallest absolute Gasteiger partial charge is 0.255 e. The van der Waals surface area contributed by atoms with Crippen molar-refractivity contribution in [1.29, 1.82) is 0 Å². The molecule has 6 nitrogen and oxygen atoms in total. The van der Waals surface area contributed by atoms with Crippen molar-refractivity contribution < 1.29 is 31.5 Å². The molecule has 0 aliphatic carbocycles. The molecule has 1 saturated heterocycles. The average Bonchev–Trinajstić information content (AvgIpc) is 2.72. The van der Waals surface area contributed by atoms with Crippen LogP contribution < -0.4 is 5.32 Å². The highest BCUT2D eigenvalue weighted by atomic mass is 32.2. The fourth-order valence-corrected chi connectivity index (χ4v) is 5.52. The summed E-state index contributed by atoms with van der Waals surface area (Å²) in [6.07, 6.45) is 1.88. The van der Waals surface area contributed by atoms with Crippen molar-refractivity contribution in [1.82, 2.24) is 4.31 Å². The lowest BCUT2D eigenvalue weighted by Gasteiger charge is -2.36. The van der Waals surface area contributed by atoms with E-state index in [1.165, 1.54) is 28.6 Å². The molecule has 2 N–H and O–H groups in total. The summed E-state index contributed by atoms with van der Waals surface area (Å²) in [5.41, 5.74) is -0.330. The van der Waals surface area contributed by atoms with E-state index in [0.717, 1.165) is 0 Å². The van der Waals surface area contributed by atoms with E-state index in [1.807, 2.05) is 0 Å². The minimum Gasteiger partial charge on any atom is -0.396 e. The Balaban J connectivity index is 1.80. The van der Waals surface area contributed by atoms with Crippen LogP contribution in [0.3, 0.4) is 0 Å². The molecule has 2 aromatic rings. The van der Waals surface area contributed by atoms with Gasteiger partial charge in [-0.2, -0.15) is 4.31 Å². The van der Waals surface area contributed by atoms with Gasteiger partial charge in [-0.05, 0) is 50.3 Å². The third kappa shape index (κ3) is 5.08. The van der Waals surface area contributed by atoms with Crippen LogP contribution in [0.5, 0.6) is 0 Å². The van der Waals surface area contributed by atoms with Crippen molar-refractivity contribution in [3.63, 3.8) is 0 Å². The highest BCUT2D eigenvalue weighted by Crippen LogP contribution is 2.30. The lowest BCUT2D eigenvalue weighted by molar-refractivity contribution is 0.102. The number of rotatable bonds is 6. The van der Waals surface area contributed by atoms with Crippen LogP contribution in [0.25, 0.3) is 0 Å². The van der Waals surface area contributed by atoms with Gasteiger partial charge in [-0.1, -0.05) is 6.07 Å². The van der Waals surface area contributed by atoms with E-state index < -0.39 is 33.4 Å². The van der Waals surface area contributed by atoms with Crippen LogP contribution in [-0.2, 0) is 10.0 Å². The van der Waals surface area contributed by atoms with Crippen LogP contribution in [0.1, 0.15) is 36.5 Å². The molecule has 0 radical (unpaired) electrons. The monoisotopic (exact) mass is 456 g/mol. The molecule has 0 aromatic heterocycles. The Morgan fingerprint density at radius 2 is 1.87 bits per heavy atom. The highest BCUT2D eigenvalue weighted by molar-refractivity contribution is 7.89. The summed E-state index contributed by atoms with van der Waals surface area (Å²) < 4.78 is 67.4. The molecule has 2 aromatic carbocycles. The second-order valence-electron chi connectivity index (χ2n) is 7.60. The number of piperidine rings is 1. The van der Waals surface area contributed by atoms with Crippen molar-refractivity contribution >= 4 is 21.6 Å². The zero-order chi connectivity index (χ0) is 22.8. The molecule has 1 heterocycles. The third-order valence-corrected chi connectivity index (χ3v) is 7.42. The fourth-order valence-electron chi connectivity index (χ4n) is 3.81. The molecule has 168 valence electrons. The standard InChI is InChI=1S/C21H23F3N2O4S/c1-13-9-14(6-8-27)5-7-26(13)31(29,30)17-4-2-3-15(10-17)21(28)25-16-11-18(22)20(24)19(23)12-16/h2-4,10-14,27H,5-9H2,1H3,(H,25,28). The number of hydrogen-bond acceptors (Lipinski definition) is 4. The predicted molar refractivity (Wildman–Crippen MR) is 108 cm³/mol. The summed E-state index contributed by atoms with van der Waals surface area (Å²) in [6, 6.07) is 6.32. The Bertz CT molecular complexity index is 1060. The Morgan fingerprint density at radius 3 is 2.48 bits per heavy atom. The van der Waals surface area contributed by atoms with Gasteiger partial charge in [-0.15, -0.1) is 0 Å². The number of aliphatic hydroxyl groups excluding tert-OH is 1. The van der Waals surface area contributed by atoms with Crippen LogP contribution in [-0.4, -0.2) is 42.9 Å². The van der Waals surface area contributed by atoms with Gasteiger partial charge in [-0.3, -0.25) is 4.79 Å². The van der Waals surface area contributed by atoms with E-state index in [1.54, 1.807) is 6.92 Å². The van der Waals surface area contributed by atoms with Gasteiger partial charge in [0.05, 0.1) is 4.90 Å². The molecule has 1 aliphatic rings. The van der Waals surface area contributed by atoms with E-state index >= 15 is 0 Å². The maximum atomic E-state index is 13.4. The highest BCUT2D eigenvalue weighted by Gasteiger charge is 2.34. The van der Waals surface area contributed by atoms with Gasteiger partial charge in [0.15, 0.2) is 17.5 Å². The largest absolute Gasteiger partial charge is 0.396 e. The number of hydrogen-bond donors (Lipinski definition) is 2. The number of carbonyl (C=O) groups excluding carboxylic acids is 1. The quantitative estimate of drug-likeness (QED) is 0.652. The Morgan fingerprint density at radius 1 is 1.19 bits per heavy atom. The van der Waals surface area contributed by atoms with Gasteiger partial charge in [0, 0.05) is 42.6 Å². The Kier molecular flexibility index (Phi) is 7.03. The number of amides is 1. The van der Waals surface area contributed by atoms with E-state index in [0.29, 0.717) is 37.9 Å². The first kappa shape index (κ1) is 23.2. The molecule has 2 atom stereocenters. The number of halogens is 3. The summed E-state index contributed by atoms with van der Waals surface area (Å²) >= 11 is 0. The Labute approximate surface area is 178 Å². The molecule has 10 heteroatoms. The minimum atomic E-state index is -3.88. The van der Waals surface area contributed by atoms with Crippen molar-refractivity contribution in [3.8, 4) is 0 Å². The SMILES string of the molecule is CC1CC(CCO)CCN1S(=O)(=O)c1cccc(C(=O)Nc2cc(F)c(F)c(F)c2)c1. The normalized spacial score (nSPS) is 19.9. The first-order valence-electron chi connectivity index (χ1n) is 9.82. The van der Waals surface area contributed by atoms with E-state index in [2.05, 4.69) is 5.32 Å². The van der Waals surface area contributed by atoms with Crippen LogP contribution in [0.15, 0.2) is 41.3 Å². The molecule has 31 heavy (non-hydrogen) atoms. The molecular formula is C21H23F3N2O4S. The zero-order valence-electron chi connectivity index (χ0n) is 16.8. The van der Waals surface area contributed by atoms with Crippen LogP contribution in [0.4, 0.5) is 18.9 Å². The van der Waals surface area contributed by atoms with E-state index in [-0.39, 0.29) is 34.7 Å². The maximum absolute atomic E-state index is 13.4. The van der Waals surface area contributed by atoms with Crippen molar-refractivity contribution in [3.05, 3.63) is 59.4 Å². The molecule has 0 saturated carbocycles. The van der Waals surface area contributed by atoms with E-state index in [4.69, 9.17) is 5.11 Å². The summed E-state index contributed by atoms with van der Waals surface area (Å²) in [6.45, 7) is 2.16. The number of carbonyl (C=O) groups is 1. The number of nitrogens with zero attached hydrogens (tertiary/aromatic N) is 1. The summed E-state index contributed by atoms with van der Waals surface area (Å²) in [5.74, 6) is -5.10. The summed E-state index contributed by atoms with van der Waals surface area (Å²) in [7, 11) is -3.88. The molecule has 3 rings (SSSR count). The summed E-state index contributed by atoms with van der Waals surface area (Å²) in [5, 5.41) is 11.3. The number of sulfonamides is 1.